The van der Waals surface area contributed by atoms with Crippen molar-refractivity contribution >= 4 is 17.5 Å². The van der Waals surface area contributed by atoms with Crippen molar-refractivity contribution in [1.82, 2.24) is 4.90 Å². The van der Waals surface area contributed by atoms with Crippen LogP contribution in [0.5, 0.6) is 23.0 Å². The van der Waals surface area contributed by atoms with Gasteiger partial charge in [0.15, 0.2) is 0 Å². The molecule has 3 aliphatic rings. The Bertz CT molecular complexity index is 2400. The predicted octanol–water partition coefficient (Wildman–Crippen LogP) is 10.00. The maximum atomic E-state index is 14.8. The lowest BCUT2D eigenvalue weighted by molar-refractivity contribution is -0.384. The maximum absolute atomic E-state index is 14.8. The number of carbonyl (C=O) groups excluding carboxylic acids is 1. The van der Waals surface area contributed by atoms with Gasteiger partial charge >= 0.3 is 6.09 Å². The molecule has 15 nitrogen and oxygen atoms in total. The Hall–Kier alpha value is -6.10. The van der Waals surface area contributed by atoms with Crippen LogP contribution in [0.15, 0.2) is 127 Å². The van der Waals surface area contributed by atoms with Gasteiger partial charge in [0.2, 0.25) is 5.79 Å². The molecule has 1 aliphatic heterocycles. The summed E-state index contributed by atoms with van der Waals surface area (Å²) in [6, 6.07) is 28.1. The van der Waals surface area contributed by atoms with E-state index >= 15 is 0 Å². The number of nitro benzene ring substituents is 1. The molecule has 15 heteroatoms. The lowest BCUT2D eigenvalue weighted by Gasteiger charge is -2.59. The minimum Gasteiger partial charge on any atom is -0.459 e. The number of nitrogens with zero attached hydrogens (tertiary/aromatic N) is 3. The zero-order chi connectivity index (χ0) is 49.0. The van der Waals surface area contributed by atoms with Crippen molar-refractivity contribution in [3.05, 3.63) is 137 Å². The summed E-state index contributed by atoms with van der Waals surface area (Å²) in [4.78, 5) is 33.6. The van der Waals surface area contributed by atoms with Crippen LogP contribution in [0.3, 0.4) is 0 Å². The minimum absolute atomic E-state index is 0.00359. The van der Waals surface area contributed by atoms with Crippen LogP contribution >= 0.6 is 0 Å². The van der Waals surface area contributed by atoms with E-state index < -0.39 is 34.4 Å². The van der Waals surface area contributed by atoms with E-state index in [0.717, 1.165) is 47.9 Å². The fourth-order valence-corrected chi connectivity index (χ4v) is 9.89. The summed E-state index contributed by atoms with van der Waals surface area (Å²) in [5, 5.41) is 46.0. The van der Waals surface area contributed by atoms with E-state index in [9.17, 15) is 30.2 Å². The van der Waals surface area contributed by atoms with Crippen LogP contribution < -0.4 is 14.2 Å². The predicted molar refractivity (Wildman–Crippen MR) is 261 cm³/mol. The van der Waals surface area contributed by atoms with Gasteiger partial charge in [0.05, 0.1) is 43.0 Å². The molecular formula is C54H65N3O12. The number of oxime groups is 1. The number of hydrogen-bond acceptors (Lipinski definition) is 13. The smallest absolute Gasteiger partial charge is 0.415 e. The summed E-state index contributed by atoms with van der Waals surface area (Å²) in [5.74, 6) is -0.746. The van der Waals surface area contributed by atoms with Crippen LogP contribution in [-0.4, -0.2) is 101 Å². The molecule has 69 heavy (non-hydrogen) atoms. The Morgan fingerprint density at radius 3 is 2.23 bits per heavy atom. The Morgan fingerprint density at radius 2 is 1.57 bits per heavy atom. The molecule has 4 aromatic rings. The number of rotatable bonds is 23. The zero-order valence-electron chi connectivity index (χ0n) is 39.7. The third kappa shape index (κ3) is 12.2. The molecule has 0 bridgehead atoms. The quantitative estimate of drug-likeness (QED) is 0.0276. The van der Waals surface area contributed by atoms with Crippen molar-refractivity contribution in [2.45, 2.75) is 89.1 Å². The highest BCUT2D eigenvalue weighted by Gasteiger charge is 2.65. The minimum atomic E-state index is -1.61. The highest BCUT2D eigenvalue weighted by atomic mass is 16.7. The number of allylic oxidation sites excluding steroid dienone is 1. The second-order valence-corrected chi connectivity index (χ2v) is 18.6. The number of fused-ring (bicyclic) bond motifs is 2. The normalized spacial score (nSPS) is 22.1. The molecule has 1 fully saturated rings. The first-order valence-corrected chi connectivity index (χ1v) is 23.9. The second-order valence-electron chi connectivity index (χ2n) is 18.6. The Labute approximate surface area is 404 Å². The number of ether oxygens (including phenoxy) is 5. The molecule has 0 saturated heterocycles. The van der Waals surface area contributed by atoms with Gasteiger partial charge in [-0.25, -0.2) is 4.79 Å². The fraction of sp³-hybridized carbons (Fsp3) is 0.444. The van der Waals surface area contributed by atoms with E-state index in [-0.39, 0.29) is 81.8 Å². The molecule has 3 N–H and O–H groups in total. The van der Waals surface area contributed by atoms with Crippen molar-refractivity contribution in [3.63, 3.8) is 0 Å². The monoisotopic (exact) mass is 947 g/mol. The largest absolute Gasteiger partial charge is 0.459 e. The van der Waals surface area contributed by atoms with E-state index in [1.165, 1.54) is 29.2 Å². The van der Waals surface area contributed by atoms with Gasteiger partial charge in [-0.15, -0.1) is 6.58 Å². The number of benzene rings is 4. The van der Waals surface area contributed by atoms with Gasteiger partial charge in [-0.1, -0.05) is 72.6 Å². The van der Waals surface area contributed by atoms with Crippen LogP contribution in [0.1, 0.15) is 77.2 Å². The fourth-order valence-electron chi connectivity index (χ4n) is 9.89. The zero-order valence-corrected chi connectivity index (χ0v) is 39.7. The van der Waals surface area contributed by atoms with E-state index in [1.807, 2.05) is 81.4 Å². The van der Waals surface area contributed by atoms with Crippen molar-refractivity contribution in [3.8, 4) is 34.1 Å². The Kier molecular flexibility index (Phi) is 17.3. The first kappa shape index (κ1) is 50.8. The van der Waals surface area contributed by atoms with Crippen molar-refractivity contribution < 1.29 is 53.6 Å². The second kappa shape index (κ2) is 23.5. The summed E-state index contributed by atoms with van der Waals surface area (Å²) >= 11 is 0. The molecule has 4 aromatic carbocycles. The van der Waals surface area contributed by atoms with Gasteiger partial charge in [-0.3, -0.25) is 15.0 Å². The molecule has 0 radical (unpaired) electrons. The van der Waals surface area contributed by atoms with Crippen molar-refractivity contribution in [1.29, 1.82) is 0 Å². The Morgan fingerprint density at radius 1 is 0.884 bits per heavy atom. The summed E-state index contributed by atoms with van der Waals surface area (Å²) in [6.45, 7) is 9.64. The first-order chi connectivity index (χ1) is 33.4. The third-order valence-electron chi connectivity index (χ3n) is 12.8. The lowest BCUT2D eigenvalue weighted by Crippen LogP contribution is -2.70. The standard InChI is InChI=1S/C54H65N3O12/c1-5-31-65-54-49(56(27-32-64-33-30-60)52(61)67-42-23-19-40(20-24-42)57(62)63)36-47(55-69-53(2,3)4)45-34-39(15-9-11-28-58)44(16-10-12-29-59)50(51(45)54)46-35-43(25-26-48(46)68-54)66-41-21-17-38(18-22-41)37-13-7-6-8-14-37/h5-8,13-14,17-26,34-35,39,44,49-51,58-60H,1,9-12,15-16,27-33,36H2,2-4H3/t39-,44+,49-,50+,51+,54+/m0/s1. The van der Waals surface area contributed by atoms with Gasteiger partial charge in [0, 0.05) is 49.8 Å². The van der Waals surface area contributed by atoms with E-state index in [4.69, 9.17) is 33.7 Å². The molecule has 2 aliphatic carbocycles. The molecule has 1 saturated carbocycles. The number of hydrogen-bond donors (Lipinski definition) is 3. The summed E-state index contributed by atoms with van der Waals surface area (Å²) in [5.41, 5.74) is 3.62. The summed E-state index contributed by atoms with van der Waals surface area (Å²) < 4.78 is 32.8. The van der Waals surface area contributed by atoms with Gasteiger partial charge in [-0.2, -0.15) is 0 Å². The summed E-state index contributed by atoms with van der Waals surface area (Å²) in [6.07, 6.45) is 7.43. The number of carbonyl (C=O) groups is 1. The molecule has 1 amide bonds. The average Bonchev–Trinajstić information content (AvgIpc) is 3.34. The van der Waals surface area contributed by atoms with Crippen molar-refractivity contribution in [2.75, 3.05) is 46.2 Å². The van der Waals surface area contributed by atoms with E-state index in [0.29, 0.717) is 35.8 Å². The molecule has 7 rings (SSSR count). The number of aliphatic hydroxyl groups is 3. The summed E-state index contributed by atoms with van der Waals surface area (Å²) in [7, 11) is 0. The van der Waals surface area contributed by atoms with Crippen LogP contribution in [0.2, 0.25) is 0 Å². The topological polar surface area (TPSA) is 192 Å². The molecule has 368 valence electrons. The first-order valence-electron chi connectivity index (χ1n) is 23.9. The van der Waals surface area contributed by atoms with Crippen LogP contribution in [-0.2, 0) is 14.3 Å². The molecule has 0 spiro atoms. The average molecular weight is 948 g/mol. The molecule has 6 atom stereocenters. The lowest BCUT2D eigenvalue weighted by atomic mass is 9.55. The van der Waals surface area contributed by atoms with Crippen molar-refractivity contribution in [2.24, 2.45) is 22.9 Å². The number of aliphatic hydroxyl groups excluding tert-OH is 3. The SMILES string of the molecule is C=CCO[C@@]12Oc3ccc(Oc4ccc(-c5ccccc5)cc4)cc3[C@H]3[C@H](CCCCO)[C@@H](CCCCO)C=C(C(=NOC(C)(C)C)C[C@@H]1N(CCOCCO)C(=O)Oc1ccc([N+](=O)[O-])cc1)[C@H]32. The number of amides is 1. The van der Waals surface area contributed by atoms with Crippen LogP contribution in [0, 0.1) is 27.9 Å². The highest BCUT2D eigenvalue weighted by molar-refractivity contribution is 6.03. The van der Waals surface area contributed by atoms with Crippen LogP contribution in [0.4, 0.5) is 10.5 Å². The van der Waals surface area contributed by atoms with Crippen LogP contribution in [0.25, 0.3) is 11.1 Å². The molecule has 0 unspecified atom stereocenters. The molecule has 0 aromatic heterocycles. The van der Waals surface area contributed by atoms with Gasteiger partial charge in [-0.05, 0) is 117 Å². The third-order valence-corrected chi connectivity index (χ3v) is 12.8. The van der Waals surface area contributed by atoms with Gasteiger partial charge < -0.3 is 43.8 Å². The number of non-ortho nitro benzene ring substituents is 1. The van der Waals surface area contributed by atoms with Gasteiger partial charge in [0.25, 0.3) is 5.69 Å². The highest BCUT2D eigenvalue weighted by Crippen LogP contribution is 2.62. The number of nitro groups is 1. The van der Waals surface area contributed by atoms with E-state index in [2.05, 4.69) is 24.8 Å². The maximum Gasteiger partial charge on any atom is 0.415 e. The molecule has 1 heterocycles. The van der Waals surface area contributed by atoms with Gasteiger partial charge in [0.1, 0.15) is 34.6 Å². The van der Waals surface area contributed by atoms with E-state index in [1.54, 1.807) is 6.08 Å². The molecular weight excluding hydrogens is 883 g/mol. The Balaban J connectivity index is 1.41. The number of unbranched alkanes of at least 4 members (excludes halogenated alkanes) is 2.